The van der Waals surface area contributed by atoms with Crippen LogP contribution in [0.5, 0.6) is 5.75 Å². The monoisotopic (exact) mass is 558 g/mol. The van der Waals surface area contributed by atoms with Crippen LogP contribution in [0.3, 0.4) is 0 Å². The van der Waals surface area contributed by atoms with Crippen molar-refractivity contribution in [2.75, 3.05) is 11.5 Å². The van der Waals surface area contributed by atoms with Crippen LogP contribution in [-0.2, 0) is 16.2 Å². The first-order valence-corrected chi connectivity index (χ1v) is 14.1. The van der Waals surface area contributed by atoms with Gasteiger partial charge in [-0.2, -0.15) is 0 Å². The number of thioether (sulfide) groups is 2. The molecule has 2 aromatic heterocycles. The first-order valence-electron chi connectivity index (χ1n) is 11.2. The molecule has 2 amide bonds. The maximum absolute atomic E-state index is 12.9. The lowest BCUT2D eigenvalue weighted by atomic mass is 10.0. The summed E-state index contributed by atoms with van der Waals surface area (Å²) in [6.45, 7) is 3.96. The van der Waals surface area contributed by atoms with Gasteiger partial charge in [0.25, 0.3) is 11.8 Å². The van der Waals surface area contributed by atoms with Gasteiger partial charge in [-0.15, -0.1) is 22.0 Å². The number of aliphatic carboxylic acids is 1. The van der Waals surface area contributed by atoms with E-state index in [9.17, 15) is 19.5 Å². The molecule has 10 nitrogen and oxygen atoms in total. The predicted octanol–water partition coefficient (Wildman–Crippen LogP) is 3.47. The van der Waals surface area contributed by atoms with Crippen LogP contribution < -0.4 is 10.1 Å². The van der Waals surface area contributed by atoms with Crippen molar-refractivity contribution in [1.82, 2.24) is 20.4 Å². The van der Waals surface area contributed by atoms with Crippen molar-refractivity contribution in [1.29, 1.82) is 0 Å². The number of hydrogen-bond acceptors (Lipinski definition) is 10. The first-order chi connectivity index (χ1) is 17.8. The molecule has 2 N–H and O–H groups in total. The molecule has 0 spiro atoms. The van der Waals surface area contributed by atoms with Crippen molar-refractivity contribution in [3.05, 3.63) is 69.8 Å². The Morgan fingerprint density at radius 1 is 1.27 bits per heavy atom. The molecule has 1 aromatic carbocycles. The van der Waals surface area contributed by atoms with Gasteiger partial charge < -0.3 is 19.6 Å². The maximum atomic E-state index is 12.9. The molecule has 0 aliphatic carbocycles. The predicted molar refractivity (Wildman–Crippen MR) is 139 cm³/mol. The van der Waals surface area contributed by atoms with E-state index in [0.717, 1.165) is 14.9 Å². The number of carboxylic acid groups (broad SMARTS) is 1. The molecule has 1 fully saturated rings. The van der Waals surface area contributed by atoms with Gasteiger partial charge in [0.2, 0.25) is 0 Å². The molecular formula is C24H22N4O6S3. The molecule has 3 aromatic rings. The van der Waals surface area contributed by atoms with Crippen LogP contribution in [-0.4, -0.2) is 60.9 Å². The van der Waals surface area contributed by atoms with Gasteiger partial charge in [-0.05, 0) is 49.2 Å². The van der Waals surface area contributed by atoms with Gasteiger partial charge in [-0.3, -0.25) is 14.5 Å². The smallest absolute Gasteiger partial charge is 0.352 e. The van der Waals surface area contributed by atoms with E-state index in [1.165, 1.54) is 45.8 Å². The largest absolute Gasteiger partial charge is 0.486 e. The Bertz CT molecular complexity index is 1400. The number of nitrogens with one attached hydrogen (secondary N) is 1. The van der Waals surface area contributed by atoms with E-state index in [1.807, 2.05) is 38.1 Å². The van der Waals surface area contributed by atoms with E-state index in [4.69, 9.17) is 9.15 Å². The zero-order valence-electron chi connectivity index (χ0n) is 19.8. The summed E-state index contributed by atoms with van der Waals surface area (Å²) in [5.74, 6) is -0.170. The third-order valence-electron chi connectivity index (χ3n) is 5.67. The van der Waals surface area contributed by atoms with Crippen molar-refractivity contribution in [3.8, 4) is 5.75 Å². The lowest BCUT2D eigenvalue weighted by Crippen LogP contribution is -2.70. The number of benzene rings is 1. The normalized spacial score (nSPS) is 18.9. The Kier molecular flexibility index (Phi) is 7.26. The average Bonchev–Trinajstić information content (AvgIpc) is 3.53. The molecule has 192 valence electrons. The number of aromatic nitrogens is 2. The van der Waals surface area contributed by atoms with Gasteiger partial charge in [0.15, 0.2) is 10.1 Å². The second kappa shape index (κ2) is 10.6. The van der Waals surface area contributed by atoms with E-state index < -0.39 is 29.2 Å². The fourth-order valence-electron chi connectivity index (χ4n) is 3.93. The highest BCUT2D eigenvalue weighted by Crippen LogP contribution is 2.41. The fourth-order valence-corrected chi connectivity index (χ4v) is 7.23. The number of ether oxygens (including phenoxy) is 1. The minimum absolute atomic E-state index is 0.0263. The van der Waals surface area contributed by atoms with Crippen molar-refractivity contribution in [2.45, 2.75) is 36.2 Å². The second-order valence-corrected chi connectivity index (χ2v) is 11.9. The zero-order chi connectivity index (χ0) is 26.1. The minimum atomic E-state index is -1.17. The Balaban J connectivity index is 1.21. The quantitative estimate of drug-likeness (QED) is 0.297. The van der Waals surface area contributed by atoms with Gasteiger partial charge in [0, 0.05) is 11.5 Å². The number of carbonyl (C=O) groups excluding carboxylic acids is 2. The molecule has 0 radical (unpaired) electrons. The van der Waals surface area contributed by atoms with E-state index >= 15 is 0 Å². The number of fused-ring (bicyclic) bond motifs is 1. The number of furan rings is 1. The highest BCUT2D eigenvalue weighted by molar-refractivity contribution is 8.01. The molecule has 2 aliphatic heterocycles. The minimum Gasteiger partial charge on any atom is -0.486 e. The Morgan fingerprint density at radius 2 is 2.11 bits per heavy atom. The van der Waals surface area contributed by atoms with Crippen LogP contribution >= 0.6 is 34.9 Å². The third kappa shape index (κ3) is 5.38. The van der Waals surface area contributed by atoms with Gasteiger partial charge in [-0.25, -0.2) is 4.79 Å². The second-order valence-electron chi connectivity index (χ2n) is 8.37. The van der Waals surface area contributed by atoms with Crippen molar-refractivity contribution in [2.24, 2.45) is 0 Å². The number of carbonyl (C=O) groups is 3. The molecule has 13 heteroatoms. The van der Waals surface area contributed by atoms with Crippen molar-refractivity contribution >= 4 is 52.6 Å². The molecule has 2 atom stereocenters. The number of nitrogens with zero attached hydrogens (tertiary/aromatic N) is 3. The van der Waals surface area contributed by atoms with Crippen LogP contribution in [0.4, 0.5) is 0 Å². The summed E-state index contributed by atoms with van der Waals surface area (Å²) in [6, 6.07) is 9.90. The standard InChI is InChI=1S/C24H22N4O6S3/c1-12-4-3-5-15(8-12)33-9-16-6-7-17(34-16)20(29)25-18-21(30)28-19(23(31)32)14(10-35-22(18)28)11-36-24-27-26-13(2)37-24/h3-8,18,22H,9-11H2,1-2H3,(H,25,29)(H,31,32)/t18-,22-/m1/s1. The number of hydrogen-bond donors (Lipinski definition) is 2. The molecule has 2 aliphatic rings. The average molecular weight is 559 g/mol. The van der Waals surface area contributed by atoms with Crippen LogP contribution in [0.25, 0.3) is 0 Å². The van der Waals surface area contributed by atoms with E-state index in [-0.39, 0.29) is 18.1 Å². The fraction of sp³-hybridized carbons (Fsp3) is 0.292. The molecule has 0 unspecified atom stereocenters. The number of rotatable bonds is 9. The van der Waals surface area contributed by atoms with Gasteiger partial charge in [0.1, 0.15) is 40.2 Å². The highest BCUT2D eigenvalue weighted by atomic mass is 32.2. The summed E-state index contributed by atoms with van der Waals surface area (Å²) in [7, 11) is 0. The van der Waals surface area contributed by atoms with Crippen LogP contribution in [0.15, 0.2) is 56.4 Å². The molecule has 37 heavy (non-hydrogen) atoms. The Morgan fingerprint density at radius 3 is 2.84 bits per heavy atom. The van der Waals surface area contributed by atoms with E-state index in [2.05, 4.69) is 15.5 Å². The third-order valence-corrected chi connectivity index (χ3v) is 9.07. The van der Waals surface area contributed by atoms with E-state index in [0.29, 0.717) is 28.6 Å². The first kappa shape index (κ1) is 25.4. The number of carboxylic acids is 1. The summed E-state index contributed by atoms with van der Waals surface area (Å²) >= 11 is 4.24. The van der Waals surface area contributed by atoms with Crippen LogP contribution in [0.1, 0.15) is 26.9 Å². The number of amides is 2. The van der Waals surface area contributed by atoms with Crippen molar-refractivity contribution in [3.63, 3.8) is 0 Å². The van der Waals surface area contributed by atoms with Gasteiger partial charge in [-0.1, -0.05) is 35.2 Å². The zero-order valence-corrected chi connectivity index (χ0v) is 22.2. The molecule has 0 saturated carbocycles. The molecule has 1 saturated heterocycles. The van der Waals surface area contributed by atoms with Gasteiger partial charge >= 0.3 is 5.97 Å². The molecule has 0 bridgehead atoms. The summed E-state index contributed by atoms with van der Waals surface area (Å²) in [4.78, 5) is 39.0. The summed E-state index contributed by atoms with van der Waals surface area (Å²) in [5, 5.41) is 20.9. The molecular weight excluding hydrogens is 536 g/mol. The summed E-state index contributed by atoms with van der Waals surface area (Å²) < 4.78 is 12.0. The van der Waals surface area contributed by atoms with Crippen LogP contribution in [0.2, 0.25) is 0 Å². The SMILES string of the molecule is Cc1cccc(OCc2ccc(C(=O)N[C@@H]3C(=O)N4C(C(=O)O)=C(CSc5nnc(C)s5)CS[C@H]34)o2)c1. The number of aryl methyl sites for hydroxylation is 2. The van der Waals surface area contributed by atoms with Crippen LogP contribution in [0, 0.1) is 13.8 Å². The Hall–Kier alpha value is -3.29. The Labute approximate surface area is 224 Å². The topological polar surface area (TPSA) is 135 Å². The number of β-lactam (4-membered cyclic amide) rings is 1. The van der Waals surface area contributed by atoms with Crippen molar-refractivity contribution < 1.29 is 28.6 Å². The maximum Gasteiger partial charge on any atom is 0.352 e. The summed E-state index contributed by atoms with van der Waals surface area (Å²) in [5.41, 5.74) is 1.67. The molecule has 5 rings (SSSR count). The summed E-state index contributed by atoms with van der Waals surface area (Å²) in [6.07, 6.45) is 0. The lowest BCUT2D eigenvalue weighted by molar-refractivity contribution is -0.148. The molecule has 4 heterocycles. The van der Waals surface area contributed by atoms with E-state index in [1.54, 1.807) is 6.07 Å². The highest BCUT2D eigenvalue weighted by Gasteiger charge is 2.54. The van der Waals surface area contributed by atoms with Gasteiger partial charge in [0.05, 0.1) is 0 Å². The lowest BCUT2D eigenvalue weighted by Gasteiger charge is -2.49.